The third kappa shape index (κ3) is 14.2. The lowest BCUT2D eigenvalue weighted by molar-refractivity contribution is -0.147. The van der Waals surface area contributed by atoms with Crippen LogP contribution in [0, 0.1) is 0 Å². The first kappa shape index (κ1) is 45.3. The van der Waals surface area contributed by atoms with Gasteiger partial charge in [0.2, 0.25) is 70.9 Å². The van der Waals surface area contributed by atoms with Crippen LogP contribution in [-0.2, 0) is 62.3 Å². The maximum atomic E-state index is 13.4. The van der Waals surface area contributed by atoms with E-state index in [0.29, 0.717) is 12.8 Å². The summed E-state index contributed by atoms with van der Waals surface area (Å²) in [5.74, 6) is -8.76. The van der Waals surface area contributed by atoms with Crippen LogP contribution >= 0.6 is 0 Å². The third-order valence-electron chi connectivity index (χ3n) is 9.76. The van der Waals surface area contributed by atoms with E-state index in [-0.39, 0.29) is 52.1 Å². The summed E-state index contributed by atoms with van der Waals surface area (Å²) in [6.45, 7) is -3.51. The first-order valence-electron chi connectivity index (χ1n) is 19.1. The van der Waals surface area contributed by atoms with Gasteiger partial charge in [-0.05, 0) is 19.3 Å². The summed E-state index contributed by atoms with van der Waals surface area (Å²) < 4.78 is 5.28. The highest BCUT2D eigenvalue weighted by Crippen LogP contribution is 2.30. The fourth-order valence-corrected chi connectivity index (χ4v) is 6.46. The minimum atomic E-state index is -1.41. The maximum Gasteiger partial charge on any atom is 0.246 e. The fraction of sp³-hybridized carbons (Fsp3) is 0.647. The van der Waals surface area contributed by atoms with Gasteiger partial charge >= 0.3 is 0 Å². The SMILES string of the molecule is O=C1CNC(=O)CNC(=O)C2CCN2C(=O)CNC(=O)CNC(=O)CNC(=O)CC(C(=O)N2CCOCC2)NC(=O)CNC(=O)C2(CCCC2)NC(=O)CNC(=O)CN1. The van der Waals surface area contributed by atoms with Gasteiger partial charge in [-0.25, -0.2) is 0 Å². The lowest BCUT2D eigenvalue weighted by atomic mass is 9.96. The molecule has 25 heteroatoms. The van der Waals surface area contributed by atoms with Gasteiger partial charge in [0.25, 0.3) is 0 Å². The molecule has 4 rings (SSSR count). The number of hydrogen-bond donors (Lipinski definition) is 10. The van der Waals surface area contributed by atoms with Crippen molar-refractivity contribution in [1.29, 1.82) is 0 Å². The molecule has 3 heterocycles. The second-order valence-electron chi connectivity index (χ2n) is 14.1. The zero-order chi connectivity index (χ0) is 43.0. The minimum absolute atomic E-state index is 0.185. The van der Waals surface area contributed by atoms with E-state index in [1.807, 2.05) is 0 Å². The van der Waals surface area contributed by atoms with Gasteiger partial charge in [-0.2, -0.15) is 0 Å². The van der Waals surface area contributed by atoms with Crippen LogP contribution in [0.2, 0.25) is 0 Å². The van der Waals surface area contributed by atoms with Crippen molar-refractivity contribution in [2.45, 2.75) is 56.1 Å². The molecule has 2 atom stereocenters. The van der Waals surface area contributed by atoms with Crippen LogP contribution in [0.1, 0.15) is 38.5 Å². The lowest BCUT2D eigenvalue weighted by Crippen LogP contribution is -2.60. The van der Waals surface area contributed by atoms with E-state index in [0.717, 1.165) is 0 Å². The summed E-state index contributed by atoms with van der Waals surface area (Å²) in [6, 6.07) is -2.32. The Morgan fingerprint density at radius 1 is 0.542 bits per heavy atom. The number of carbonyl (C=O) groups excluding carboxylic acids is 12. The second-order valence-corrected chi connectivity index (χ2v) is 14.1. The highest BCUT2D eigenvalue weighted by Gasteiger charge is 2.43. The predicted molar refractivity (Wildman–Crippen MR) is 197 cm³/mol. The molecule has 0 aromatic heterocycles. The average Bonchev–Trinajstić information content (AvgIpc) is 3.68. The van der Waals surface area contributed by atoms with Crippen LogP contribution in [-0.4, -0.2) is 184 Å². The summed E-state index contributed by atoms with van der Waals surface area (Å²) in [7, 11) is 0. The number of rotatable bonds is 1. The van der Waals surface area contributed by atoms with Crippen LogP contribution < -0.4 is 53.2 Å². The molecule has 324 valence electrons. The normalized spacial score (nSPS) is 24.8. The number of morpholine rings is 1. The largest absolute Gasteiger partial charge is 0.378 e. The van der Waals surface area contributed by atoms with Crippen molar-refractivity contribution >= 4 is 70.9 Å². The number of ether oxygens (including phenoxy) is 1. The van der Waals surface area contributed by atoms with Crippen molar-refractivity contribution in [2.24, 2.45) is 0 Å². The van der Waals surface area contributed by atoms with Gasteiger partial charge in [-0.15, -0.1) is 0 Å². The Kier molecular flexibility index (Phi) is 16.8. The molecule has 12 amide bonds. The average molecular weight is 835 g/mol. The first-order valence-corrected chi connectivity index (χ1v) is 19.1. The molecular weight excluding hydrogens is 784 g/mol. The summed E-state index contributed by atoms with van der Waals surface area (Å²) in [6.07, 6.45) is 1.27. The highest BCUT2D eigenvalue weighted by molar-refractivity contribution is 5.98. The molecule has 59 heavy (non-hydrogen) atoms. The zero-order valence-electron chi connectivity index (χ0n) is 32.3. The molecule has 1 saturated carbocycles. The van der Waals surface area contributed by atoms with Crippen molar-refractivity contribution < 1.29 is 62.3 Å². The quantitative estimate of drug-likeness (QED) is 0.118. The monoisotopic (exact) mass is 834 g/mol. The van der Waals surface area contributed by atoms with E-state index < -0.39 is 147 Å². The third-order valence-corrected chi connectivity index (χ3v) is 9.76. The van der Waals surface area contributed by atoms with Crippen LogP contribution in [0.25, 0.3) is 0 Å². The number of nitrogens with zero attached hydrogens (tertiary/aromatic N) is 2. The smallest absolute Gasteiger partial charge is 0.246 e. The van der Waals surface area contributed by atoms with Gasteiger partial charge in [0.15, 0.2) is 0 Å². The van der Waals surface area contributed by atoms with Gasteiger partial charge < -0.3 is 67.7 Å². The zero-order valence-corrected chi connectivity index (χ0v) is 32.3. The number of carbonyl (C=O) groups is 12. The molecule has 0 radical (unpaired) electrons. The second kappa shape index (κ2) is 21.9. The summed E-state index contributed by atoms with van der Waals surface area (Å²) in [5, 5.41) is 23.6. The molecule has 1 spiro atoms. The van der Waals surface area contributed by atoms with E-state index in [4.69, 9.17) is 4.74 Å². The van der Waals surface area contributed by atoms with Crippen LogP contribution in [0.15, 0.2) is 0 Å². The lowest BCUT2D eigenvalue weighted by Gasteiger charge is -2.39. The van der Waals surface area contributed by atoms with Crippen LogP contribution in [0.5, 0.6) is 0 Å². The van der Waals surface area contributed by atoms with E-state index >= 15 is 0 Å². The number of hydrogen-bond acceptors (Lipinski definition) is 13. The Morgan fingerprint density at radius 3 is 1.54 bits per heavy atom. The predicted octanol–water partition coefficient (Wildman–Crippen LogP) is -8.31. The molecule has 0 aromatic rings. The first-order chi connectivity index (χ1) is 28.2. The topological polar surface area (TPSA) is 341 Å². The van der Waals surface area contributed by atoms with Gasteiger partial charge in [0, 0.05) is 19.6 Å². The van der Waals surface area contributed by atoms with Crippen molar-refractivity contribution in [3.8, 4) is 0 Å². The van der Waals surface area contributed by atoms with E-state index in [1.54, 1.807) is 0 Å². The molecule has 0 bridgehead atoms. The summed E-state index contributed by atoms with van der Waals surface area (Å²) in [5.41, 5.74) is -1.41. The van der Waals surface area contributed by atoms with Gasteiger partial charge in [-0.1, -0.05) is 12.8 Å². The molecule has 3 saturated heterocycles. The molecule has 4 aliphatic rings. The van der Waals surface area contributed by atoms with Gasteiger partial charge in [0.05, 0.1) is 72.0 Å². The van der Waals surface area contributed by atoms with Crippen LogP contribution in [0.3, 0.4) is 0 Å². The fourth-order valence-electron chi connectivity index (χ4n) is 6.46. The van der Waals surface area contributed by atoms with Crippen molar-refractivity contribution in [3.05, 3.63) is 0 Å². The number of nitrogens with one attached hydrogen (secondary N) is 10. The maximum absolute atomic E-state index is 13.4. The summed E-state index contributed by atoms with van der Waals surface area (Å²) >= 11 is 0. The Hall–Kier alpha value is -6.40. The Labute approximate surface area is 337 Å². The molecule has 3 aliphatic heterocycles. The van der Waals surface area contributed by atoms with Crippen LogP contribution in [0.4, 0.5) is 0 Å². The standard InChI is InChI=1S/C34H50N12O13/c47-22-11-20(32(57)45-7-9-59-10-8-45)43-28(53)17-42-33(58)34(4-1-2-5-34)44-29(54)18-39-25(50)14-36-24(49)13-38-27(52)16-41-31(56)21-3-6-46(21)30(55)19-40-26(51)15-37-23(48)12-35-22/h20-21H,1-19H2,(H,35,47)(H,36,49)(H,37,48)(H,38,52)(H,39,50)(H,40,51)(H,41,56)(H,42,58)(H,43,53)(H,44,54). The molecule has 0 aromatic carbocycles. The molecule has 1 aliphatic carbocycles. The van der Waals surface area contributed by atoms with E-state index in [2.05, 4.69) is 53.2 Å². The Bertz CT molecular complexity index is 1680. The van der Waals surface area contributed by atoms with E-state index in [9.17, 15) is 57.5 Å². The Morgan fingerprint density at radius 2 is 1.02 bits per heavy atom. The minimum Gasteiger partial charge on any atom is -0.378 e. The van der Waals surface area contributed by atoms with E-state index in [1.165, 1.54) is 9.80 Å². The number of fused-ring (bicyclic) bond motifs is 1. The Balaban J connectivity index is 1.39. The molecule has 2 unspecified atom stereocenters. The van der Waals surface area contributed by atoms with Crippen molar-refractivity contribution in [2.75, 3.05) is 85.2 Å². The van der Waals surface area contributed by atoms with Gasteiger partial charge in [0.1, 0.15) is 17.6 Å². The molecular formula is C34H50N12O13. The highest BCUT2D eigenvalue weighted by atomic mass is 16.5. The summed E-state index contributed by atoms with van der Waals surface area (Å²) in [4.78, 5) is 155. The van der Waals surface area contributed by atoms with Crippen molar-refractivity contribution in [1.82, 2.24) is 63.0 Å². The van der Waals surface area contributed by atoms with Crippen molar-refractivity contribution in [3.63, 3.8) is 0 Å². The molecule has 4 fully saturated rings. The number of amides is 12. The van der Waals surface area contributed by atoms with Gasteiger partial charge in [-0.3, -0.25) is 57.5 Å². The molecule has 25 nitrogen and oxygen atoms in total. The molecule has 10 N–H and O–H groups in total.